The van der Waals surface area contributed by atoms with Crippen molar-refractivity contribution < 1.29 is 39.0 Å². The Morgan fingerprint density at radius 2 is 1.50 bits per heavy atom. The maximum absolute atomic E-state index is 12.8. The molecule has 0 bridgehead atoms. The number of nitrogens with one attached hydrogen (secondary N) is 2. The Hall–Kier alpha value is -3.26. The van der Waals surface area contributed by atoms with Gasteiger partial charge in [0.1, 0.15) is 24.2 Å². The lowest BCUT2D eigenvalue weighted by Gasteiger charge is -2.28. The summed E-state index contributed by atoms with van der Waals surface area (Å²) in [5, 5.41) is 22.5. The summed E-state index contributed by atoms with van der Waals surface area (Å²) in [6, 6.07) is -5.57. The fourth-order valence-corrected chi connectivity index (χ4v) is 2.93. The minimum absolute atomic E-state index is 0.105. The second-order valence-electron chi connectivity index (χ2n) is 6.78. The number of carboxylic acids is 1. The lowest BCUT2D eigenvalue weighted by atomic mass is 10.1. The molecule has 0 radical (unpaired) electrons. The predicted molar refractivity (Wildman–Crippen MR) is 98.9 cm³/mol. The van der Waals surface area contributed by atoms with Crippen LogP contribution in [0.3, 0.4) is 0 Å². The SMILES string of the molecule is NC(=O)C[C@H](NC(=O)[C@@H](N)CO)C(=O)N[C@@H](CC(N)=O)C(=O)N1CCC[C@H]1C(=O)O. The molecule has 14 heteroatoms. The van der Waals surface area contributed by atoms with E-state index in [0.717, 1.165) is 4.90 Å². The Morgan fingerprint density at radius 3 is 2.00 bits per heavy atom. The molecule has 0 aliphatic carbocycles. The summed E-state index contributed by atoms with van der Waals surface area (Å²) in [6.07, 6.45) is -0.674. The maximum Gasteiger partial charge on any atom is 0.326 e. The van der Waals surface area contributed by atoms with Crippen molar-refractivity contribution in [2.45, 2.75) is 49.9 Å². The highest BCUT2D eigenvalue weighted by Gasteiger charge is 2.39. The number of carbonyl (C=O) groups is 6. The number of aliphatic hydroxyl groups is 1. The number of nitrogens with two attached hydrogens (primary N) is 3. The summed E-state index contributed by atoms with van der Waals surface area (Å²) in [6.45, 7) is -0.626. The van der Waals surface area contributed by atoms with E-state index in [2.05, 4.69) is 10.6 Å². The van der Waals surface area contributed by atoms with Crippen LogP contribution in [0.25, 0.3) is 0 Å². The zero-order chi connectivity index (χ0) is 23.0. The van der Waals surface area contributed by atoms with Crippen LogP contribution in [0, 0.1) is 0 Å². The van der Waals surface area contributed by atoms with Crippen molar-refractivity contribution in [1.29, 1.82) is 0 Å². The number of primary amides is 2. The van der Waals surface area contributed by atoms with E-state index in [9.17, 15) is 33.9 Å². The molecule has 14 nitrogen and oxygen atoms in total. The zero-order valence-corrected chi connectivity index (χ0v) is 16.1. The van der Waals surface area contributed by atoms with Crippen molar-refractivity contribution >= 4 is 35.5 Å². The molecule has 168 valence electrons. The Bertz CT molecular complexity index is 714. The first-order valence-electron chi connectivity index (χ1n) is 9.05. The standard InChI is InChI=1S/C16H26N6O8/c17-7(6-23)13(26)20-8(4-11(18)24)14(27)21-9(5-12(19)25)15(28)22-3-1-2-10(22)16(29)30/h7-10,23H,1-6,17H2,(H2,18,24)(H2,19,25)(H,20,26)(H,21,27)(H,29,30)/t7-,8-,9-,10-/m0/s1. The van der Waals surface area contributed by atoms with Crippen LogP contribution in [0.5, 0.6) is 0 Å². The van der Waals surface area contributed by atoms with E-state index < -0.39 is 79.1 Å². The Morgan fingerprint density at radius 1 is 0.967 bits per heavy atom. The average Bonchev–Trinajstić information content (AvgIpc) is 3.14. The van der Waals surface area contributed by atoms with Crippen LogP contribution in [0.2, 0.25) is 0 Å². The molecule has 1 saturated heterocycles. The molecule has 1 aliphatic heterocycles. The van der Waals surface area contributed by atoms with Gasteiger partial charge in [0.2, 0.25) is 29.5 Å². The fraction of sp³-hybridized carbons (Fsp3) is 0.625. The fourth-order valence-electron chi connectivity index (χ4n) is 2.93. The molecule has 10 N–H and O–H groups in total. The molecule has 0 aromatic heterocycles. The maximum atomic E-state index is 12.8. The number of aliphatic hydroxyl groups excluding tert-OH is 1. The average molecular weight is 430 g/mol. The molecule has 1 aliphatic rings. The molecule has 5 amide bonds. The second kappa shape index (κ2) is 11.1. The van der Waals surface area contributed by atoms with Gasteiger partial charge in [0.05, 0.1) is 19.4 Å². The van der Waals surface area contributed by atoms with Crippen LogP contribution in [0.1, 0.15) is 25.7 Å². The topological polar surface area (TPSA) is 248 Å². The molecular formula is C16H26N6O8. The first kappa shape index (κ1) is 24.8. The third-order valence-electron chi connectivity index (χ3n) is 4.41. The van der Waals surface area contributed by atoms with Gasteiger partial charge in [0.25, 0.3) is 0 Å². The van der Waals surface area contributed by atoms with Gasteiger partial charge in [0.15, 0.2) is 0 Å². The Balaban J connectivity index is 3.01. The van der Waals surface area contributed by atoms with Crippen LogP contribution in [0.4, 0.5) is 0 Å². The highest BCUT2D eigenvalue weighted by molar-refractivity contribution is 5.97. The van der Waals surface area contributed by atoms with Crippen molar-refractivity contribution in [3.63, 3.8) is 0 Å². The normalized spacial score (nSPS) is 18.7. The molecule has 0 aromatic rings. The highest BCUT2D eigenvalue weighted by Crippen LogP contribution is 2.19. The molecule has 0 spiro atoms. The summed E-state index contributed by atoms with van der Waals surface area (Å²) >= 11 is 0. The van der Waals surface area contributed by atoms with Crippen molar-refractivity contribution in [3.8, 4) is 0 Å². The van der Waals surface area contributed by atoms with Crippen LogP contribution in [-0.2, 0) is 28.8 Å². The molecule has 1 heterocycles. The molecule has 0 aromatic carbocycles. The molecule has 0 saturated carbocycles. The summed E-state index contributed by atoms with van der Waals surface area (Å²) < 4.78 is 0. The first-order chi connectivity index (χ1) is 14.0. The smallest absolute Gasteiger partial charge is 0.326 e. The van der Waals surface area contributed by atoms with E-state index in [0.29, 0.717) is 6.42 Å². The number of carboxylic acid groups (broad SMARTS) is 1. The number of nitrogens with zero attached hydrogens (tertiary/aromatic N) is 1. The molecule has 1 fully saturated rings. The van der Waals surface area contributed by atoms with Gasteiger partial charge in [-0.25, -0.2) is 4.79 Å². The van der Waals surface area contributed by atoms with E-state index in [4.69, 9.17) is 22.3 Å². The quantitative estimate of drug-likeness (QED) is 0.166. The lowest BCUT2D eigenvalue weighted by molar-refractivity contribution is -0.149. The minimum Gasteiger partial charge on any atom is -0.480 e. The molecule has 4 atom stereocenters. The van der Waals surface area contributed by atoms with E-state index in [-0.39, 0.29) is 13.0 Å². The van der Waals surface area contributed by atoms with E-state index in [1.807, 2.05) is 0 Å². The largest absolute Gasteiger partial charge is 0.480 e. The predicted octanol–water partition coefficient (Wildman–Crippen LogP) is -4.90. The Labute approximate surface area is 171 Å². The number of amides is 5. The lowest BCUT2D eigenvalue weighted by Crippen LogP contribution is -2.58. The van der Waals surface area contributed by atoms with E-state index >= 15 is 0 Å². The molecule has 1 rings (SSSR count). The van der Waals surface area contributed by atoms with E-state index in [1.165, 1.54) is 0 Å². The molecule has 30 heavy (non-hydrogen) atoms. The monoisotopic (exact) mass is 430 g/mol. The van der Waals surface area contributed by atoms with Gasteiger partial charge in [-0.1, -0.05) is 0 Å². The van der Waals surface area contributed by atoms with Gasteiger partial charge in [-0.15, -0.1) is 0 Å². The van der Waals surface area contributed by atoms with Crippen LogP contribution in [-0.4, -0.2) is 87.9 Å². The van der Waals surface area contributed by atoms with Crippen molar-refractivity contribution in [2.24, 2.45) is 17.2 Å². The van der Waals surface area contributed by atoms with Gasteiger partial charge < -0.3 is 42.9 Å². The summed E-state index contributed by atoms with van der Waals surface area (Å²) in [5.74, 6) is -5.99. The van der Waals surface area contributed by atoms with Crippen LogP contribution >= 0.6 is 0 Å². The molecular weight excluding hydrogens is 404 g/mol. The van der Waals surface area contributed by atoms with Gasteiger partial charge >= 0.3 is 5.97 Å². The van der Waals surface area contributed by atoms with Crippen LogP contribution < -0.4 is 27.8 Å². The van der Waals surface area contributed by atoms with Gasteiger partial charge in [-0.05, 0) is 12.8 Å². The van der Waals surface area contributed by atoms with Gasteiger partial charge in [0, 0.05) is 6.54 Å². The van der Waals surface area contributed by atoms with Crippen molar-refractivity contribution in [1.82, 2.24) is 15.5 Å². The van der Waals surface area contributed by atoms with Gasteiger partial charge in [-0.2, -0.15) is 0 Å². The van der Waals surface area contributed by atoms with E-state index in [1.54, 1.807) is 0 Å². The zero-order valence-electron chi connectivity index (χ0n) is 16.1. The van der Waals surface area contributed by atoms with Crippen molar-refractivity contribution in [2.75, 3.05) is 13.2 Å². The number of hydrogen-bond donors (Lipinski definition) is 7. The number of aliphatic carboxylic acids is 1. The van der Waals surface area contributed by atoms with Crippen molar-refractivity contribution in [3.05, 3.63) is 0 Å². The summed E-state index contributed by atoms with van der Waals surface area (Å²) in [5.41, 5.74) is 15.6. The number of rotatable bonds is 11. The molecule has 0 unspecified atom stereocenters. The number of hydrogen-bond acceptors (Lipinski definition) is 8. The number of likely N-dealkylation sites (tertiary alicyclic amines) is 1. The van der Waals surface area contributed by atoms with Crippen LogP contribution in [0.15, 0.2) is 0 Å². The first-order valence-corrected chi connectivity index (χ1v) is 9.05. The third kappa shape index (κ3) is 6.97. The number of carbonyl (C=O) groups excluding carboxylic acids is 5. The second-order valence-corrected chi connectivity index (χ2v) is 6.78. The summed E-state index contributed by atoms with van der Waals surface area (Å²) in [4.78, 5) is 72.2. The summed E-state index contributed by atoms with van der Waals surface area (Å²) in [7, 11) is 0. The third-order valence-corrected chi connectivity index (χ3v) is 4.41. The van der Waals surface area contributed by atoms with Gasteiger partial charge in [-0.3, -0.25) is 24.0 Å². The minimum atomic E-state index is -1.55. The highest BCUT2D eigenvalue weighted by atomic mass is 16.4. The Kier molecular flexibility index (Phi) is 9.14.